The van der Waals surface area contributed by atoms with E-state index in [1.165, 1.54) is 31.2 Å². The molecule has 0 aromatic heterocycles. The minimum atomic E-state index is 0.570. The molecule has 1 fully saturated rings. The zero-order chi connectivity index (χ0) is 10.3. The van der Waals surface area contributed by atoms with Crippen molar-refractivity contribution < 1.29 is 4.74 Å². The molecule has 1 aliphatic rings. The van der Waals surface area contributed by atoms with Gasteiger partial charge in [0.2, 0.25) is 0 Å². The van der Waals surface area contributed by atoms with Crippen LogP contribution >= 0.6 is 0 Å². The molecule has 0 unspecified atom stereocenters. The first-order valence-electron chi connectivity index (χ1n) is 6.11. The lowest BCUT2D eigenvalue weighted by Crippen LogP contribution is -2.08. The van der Waals surface area contributed by atoms with Gasteiger partial charge in [-0.15, -0.1) is 0 Å². The van der Waals surface area contributed by atoms with Gasteiger partial charge >= 0.3 is 0 Å². The summed E-state index contributed by atoms with van der Waals surface area (Å²) in [4.78, 5) is 0. The Morgan fingerprint density at radius 3 is 2.53 bits per heavy atom. The van der Waals surface area contributed by atoms with Crippen LogP contribution in [0.5, 0.6) is 0 Å². The number of rotatable bonds is 5. The molecule has 2 rings (SSSR count). The highest BCUT2D eigenvalue weighted by Crippen LogP contribution is 2.21. The molecule has 0 aliphatic heterocycles. The fourth-order valence-corrected chi connectivity index (χ4v) is 2.23. The molecule has 1 heteroatoms. The molecule has 1 saturated carbocycles. The standard InChI is InChI=1S/C14H20O/c1-2-7-13(8-3-1)9-6-12-15-14-10-4-5-11-14/h1-3,7-8,14H,4-6,9-12H2. The van der Waals surface area contributed by atoms with E-state index in [9.17, 15) is 0 Å². The van der Waals surface area contributed by atoms with E-state index in [0.29, 0.717) is 6.10 Å². The van der Waals surface area contributed by atoms with Crippen molar-refractivity contribution >= 4 is 0 Å². The van der Waals surface area contributed by atoms with Gasteiger partial charge in [-0.3, -0.25) is 0 Å². The van der Waals surface area contributed by atoms with E-state index >= 15 is 0 Å². The SMILES string of the molecule is c1ccc(CCCOC2CCCC2)cc1. The van der Waals surface area contributed by atoms with E-state index in [0.717, 1.165) is 19.4 Å². The van der Waals surface area contributed by atoms with Gasteiger partial charge in [-0.1, -0.05) is 43.2 Å². The second kappa shape index (κ2) is 5.92. The zero-order valence-corrected chi connectivity index (χ0v) is 9.32. The van der Waals surface area contributed by atoms with Gasteiger partial charge in [0, 0.05) is 6.61 Å². The third kappa shape index (κ3) is 3.67. The van der Waals surface area contributed by atoms with E-state index in [1.54, 1.807) is 0 Å². The predicted molar refractivity (Wildman–Crippen MR) is 63.0 cm³/mol. The summed E-state index contributed by atoms with van der Waals surface area (Å²) in [6.07, 6.45) is 8.16. The van der Waals surface area contributed by atoms with E-state index in [4.69, 9.17) is 4.74 Å². The van der Waals surface area contributed by atoms with Crippen molar-refractivity contribution in [1.29, 1.82) is 0 Å². The number of aryl methyl sites for hydroxylation is 1. The number of hydrogen-bond acceptors (Lipinski definition) is 1. The van der Waals surface area contributed by atoms with Gasteiger partial charge in [-0.2, -0.15) is 0 Å². The third-order valence-electron chi connectivity index (χ3n) is 3.11. The van der Waals surface area contributed by atoms with Gasteiger partial charge in [0.15, 0.2) is 0 Å². The minimum Gasteiger partial charge on any atom is -0.378 e. The quantitative estimate of drug-likeness (QED) is 0.666. The monoisotopic (exact) mass is 204 g/mol. The maximum absolute atomic E-state index is 5.82. The Balaban J connectivity index is 1.59. The van der Waals surface area contributed by atoms with Crippen LogP contribution in [-0.2, 0) is 11.2 Å². The summed E-state index contributed by atoms with van der Waals surface area (Å²) in [6.45, 7) is 0.930. The number of ether oxygens (including phenoxy) is 1. The molecule has 0 radical (unpaired) electrons. The van der Waals surface area contributed by atoms with Crippen LogP contribution in [-0.4, -0.2) is 12.7 Å². The van der Waals surface area contributed by atoms with Crippen LogP contribution in [0.3, 0.4) is 0 Å². The second-order valence-electron chi connectivity index (χ2n) is 4.37. The Labute approximate surface area is 92.5 Å². The Hall–Kier alpha value is -0.820. The molecule has 0 saturated heterocycles. The molecule has 0 bridgehead atoms. The third-order valence-corrected chi connectivity index (χ3v) is 3.11. The largest absolute Gasteiger partial charge is 0.378 e. The van der Waals surface area contributed by atoms with Crippen LogP contribution < -0.4 is 0 Å². The van der Waals surface area contributed by atoms with Gasteiger partial charge in [-0.05, 0) is 31.2 Å². The van der Waals surface area contributed by atoms with Crippen LogP contribution in [0.2, 0.25) is 0 Å². The maximum Gasteiger partial charge on any atom is 0.0575 e. The van der Waals surface area contributed by atoms with Crippen molar-refractivity contribution in [3.05, 3.63) is 35.9 Å². The van der Waals surface area contributed by atoms with Gasteiger partial charge < -0.3 is 4.74 Å². The molecular weight excluding hydrogens is 184 g/mol. The molecule has 0 spiro atoms. The lowest BCUT2D eigenvalue weighted by atomic mass is 10.1. The summed E-state index contributed by atoms with van der Waals surface area (Å²) < 4.78 is 5.82. The zero-order valence-electron chi connectivity index (χ0n) is 9.32. The molecule has 15 heavy (non-hydrogen) atoms. The Kier molecular flexibility index (Phi) is 4.22. The van der Waals surface area contributed by atoms with Crippen LogP contribution in [0.25, 0.3) is 0 Å². The summed E-state index contributed by atoms with van der Waals surface area (Å²) >= 11 is 0. The normalized spacial score (nSPS) is 17.1. The van der Waals surface area contributed by atoms with Crippen molar-refractivity contribution in [2.45, 2.75) is 44.6 Å². The number of benzene rings is 1. The molecule has 0 amide bonds. The van der Waals surface area contributed by atoms with E-state index in [-0.39, 0.29) is 0 Å². The summed E-state index contributed by atoms with van der Waals surface area (Å²) in [5, 5.41) is 0. The maximum atomic E-state index is 5.82. The van der Waals surface area contributed by atoms with E-state index in [2.05, 4.69) is 30.3 Å². The summed E-state index contributed by atoms with van der Waals surface area (Å²) in [5.41, 5.74) is 1.42. The molecule has 0 heterocycles. The van der Waals surface area contributed by atoms with Crippen LogP contribution in [0.15, 0.2) is 30.3 Å². The van der Waals surface area contributed by atoms with Crippen molar-refractivity contribution in [1.82, 2.24) is 0 Å². The van der Waals surface area contributed by atoms with Crippen LogP contribution in [0, 0.1) is 0 Å². The molecule has 82 valence electrons. The topological polar surface area (TPSA) is 9.23 Å². The Morgan fingerprint density at radius 1 is 1.07 bits per heavy atom. The highest BCUT2D eigenvalue weighted by atomic mass is 16.5. The fraction of sp³-hybridized carbons (Fsp3) is 0.571. The van der Waals surface area contributed by atoms with Crippen molar-refractivity contribution in [2.75, 3.05) is 6.61 Å². The van der Waals surface area contributed by atoms with Gasteiger partial charge in [0.1, 0.15) is 0 Å². The molecule has 1 aromatic rings. The second-order valence-corrected chi connectivity index (χ2v) is 4.37. The molecule has 1 nitrogen and oxygen atoms in total. The van der Waals surface area contributed by atoms with Crippen molar-refractivity contribution in [3.8, 4) is 0 Å². The van der Waals surface area contributed by atoms with Gasteiger partial charge in [0.05, 0.1) is 6.10 Å². The summed E-state index contributed by atoms with van der Waals surface area (Å²) in [5.74, 6) is 0. The predicted octanol–water partition coefficient (Wildman–Crippen LogP) is 3.58. The Bertz CT molecular complexity index is 262. The van der Waals surface area contributed by atoms with E-state index in [1.807, 2.05) is 0 Å². The number of hydrogen-bond donors (Lipinski definition) is 0. The fourth-order valence-electron chi connectivity index (χ4n) is 2.23. The summed E-state index contributed by atoms with van der Waals surface area (Å²) in [7, 11) is 0. The average molecular weight is 204 g/mol. The molecule has 0 N–H and O–H groups in total. The van der Waals surface area contributed by atoms with E-state index < -0.39 is 0 Å². The lowest BCUT2D eigenvalue weighted by Gasteiger charge is -2.10. The first kappa shape index (κ1) is 10.7. The summed E-state index contributed by atoms with van der Waals surface area (Å²) in [6, 6.07) is 10.7. The molecule has 1 aromatic carbocycles. The molecule has 1 aliphatic carbocycles. The van der Waals surface area contributed by atoms with Crippen LogP contribution in [0.4, 0.5) is 0 Å². The Morgan fingerprint density at radius 2 is 1.80 bits per heavy atom. The first-order valence-corrected chi connectivity index (χ1v) is 6.11. The van der Waals surface area contributed by atoms with Gasteiger partial charge in [0.25, 0.3) is 0 Å². The average Bonchev–Trinajstić information content (AvgIpc) is 2.79. The smallest absolute Gasteiger partial charge is 0.0575 e. The molecular formula is C14H20O. The highest BCUT2D eigenvalue weighted by Gasteiger charge is 2.14. The lowest BCUT2D eigenvalue weighted by molar-refractivity contribution is 0.0569. The molecule has 0 atom stereocenters. The van der Waals surface area contributed by atoms with Crippen molar-refractivity contribution in [2.24, 2.45) is 0 Å². The van der Waals surface area contributed by atoms with Crippen LogP contribution in [0.1, 0.15) is 37.7 Å². The van der Waals surface area contributed by atoms with Gasteiger partial charge in [-0.25, -0.2) is 0 Å². The van der Waals surface area contributed by atoms with Crippen molar-refractivity contribution in [3.63, 3.8) is 0 Å². The highest BCUT2D eigenvalue weighted by molar-refractivity contribution is 5.14. The first-order chi connectivity index (χ1) is 7.45. The minimum absolute atomic E-state index is 0.570.